The van der Waals surface area contributed by atoms with Gasteiger partial charge in [0.15, 0.2) is 6.67 Å². The first kappa shape index (κ1) is 15.0. The molecule has 0 aromatic heterocycles. The van der Waals surface area contributed by atoms with E-state index in [2.05, 4.69) is 14.2 Å². The van der Waals surface area contributed by atoms with Crippen molar-refractivity contribution >= 4 is 5.97 Å². The molecule has 0 N–H and O–H groups in total. The monoisotopic (exact) mass is 286 g/mol. The van der Waals surface area contributed by atoms with Gasteiger partial charge in [-0.15, -0.1) is 0 Å². The highest BCUT2D eigenvalue weighted by molar-refractivity contribution is 5.79. The van der Waals surface area contributed by atoms with Crippen molar-refractivity contribution in [3.8, 4) is 0 Å². The third-order valence-corrected chi connectivity index (χ3v) is 2.01. The second-order valence-electron chi connectivity index (χ2n) is 3.19. The maximum Gasteiger partial charge on any atom is 0.455 e. The van der Waals surface area contributed by atoms with Crippen LogP contribution >= 0.6 is 0 Å². The molecule has 1 fully saturated rings. The van der Waals surface area contributed by atoms with Crippen LogP contribution in [0.15, 0.2) is 0 Å². The zero-order chi connectivity index (χ0) is 14.4. The first-order valence-corrected chi connectivity index (χ1v) is 4.14. The van der Waals surface area contributed by atoms with Crippen LogP contribution in [0, 0.1) is 0 Å². The molecule has 1 aliphatic heterocycles. The van der Waals surface area contributed by atoms with Gasteiger partial charge in [-0.1, -0.05) is 0 Å². The molecule has 1 rings (SSSR count). The van der Waals surface area contributed by atoms with Gasteiger partial charge in [0.25, 0.3) is 0 Å². The summed E-state index contributed by atoms with van der Waals surface area (Å²) in [6, 6.07) is 0. The Morgan fingerprint density at radius 3 is 2.00 bits per heavy atom. The van der Waals surface area contributed by atoms with E-state index < -0.39 is 36.6 Å². The lowest BCUT2D eigenvalue weighted by Gasteiger charge is -2.26. The zero-order valence-corrected chi connectivity index (χ0v) is 8.49. The number of alkyl halides is 7. The Morgan fingerprint density at radius 2 is 1.72 bits per heavy atom. The molecule has 1 heterocycles. The van der Waals surface area contributed by atoms with Crippen LogP contribution in [0.2, 0.25) is 0 Å². The van der Waals surface area contributed by atoms with Gasteiger partial charge in [-0.05, 0) is 0 Å². The first-order chi connectivity index (χ1) is 7.96. The molecule has 1 saturated heterocycles. The topological polar surface area (TPSA) is 44.8 Å². The summed E-state index contributed by atoms with van der Waals surface area (Å²) in [6.45, 7) is -2.66. The van der Waals surface area contributed by atoms with E-state index in [1.165, 1.54) is 0 Å². The molecule has 2 unspecified atom stereocenters. The maximum atomic E-state index is 13.2. The summed E-state index contributed by atoms with van der Waals surface area (Å²) in [5.74, 6) is -11.9. The predicted octanol–water partition coefficient (Wildman–Crippen LogP) is 1.69. The van der Waals surface area contributed by atoms with Crippen LogP contribution in [0.1, 0.15) is 0 Å². The maximum absolute atomic E-state index is 13.2. The standard InChI is InChI=1S/C7H5F7O4/c1-16-3(15)5(6(10,11)12)17-4(9,2-8)7(13,14)18-5/h2H2,1H3. The van der Waals surface area contributed by atoms with E-state index >= 15 is 0 Å². The second kappa shape index (κ2) is 3.95. The van der Waals surface area contributed by atoms with E-state index in [0.717, 1.165) is 0 Å². The third-order valence-electron chi connectivity index (χ3n) is 2.01. The molecule has 0 bridgehead atoms. The van der Waals surface area contributed by atoms with Crippen molar-refractivity contribution in [3.63, 3.8) is 0 Å². The second-order valence-corrected chi connectivity index (χ2v) is 3.19. The molecule has 0 saturated carbocycles. The summed E-state index contributed by atoms with van der Waals surface area (Å²) in [5.41, 5.74) is 0. The smallest absolute Gasteiger partial charge is 0.455 e. The molecule has 1 aliphatic rings. The summed E-state index contributed by atoms with van der Waals surface area (Å²) in [5, 5.41) is 0. The van der Waals surface area contributed by atoms with Crippen molar-refractivity contribution in [2.45, 2.75) is 23.9 Å². The van der Waals surface area contributed by atoms with Gasteiger partial charge in [0.1, 0.15) is 0 Å². The Kier molecular flexibility index (Phi) is 3.28. The fraction of sp³-hybridized carbons (Fsp3) is 0.857. The number of hydrogen-bond acceptors (Lipinski definition) is 4. The quantitative estimate of drug-likeness (QED) is 0.572. The highest BCUT2D eigenvalue weighted by Crippen LogP contribution is 2.53. The van der Waals surface area contributed by atoms with E-state index in [0.29, 0.717) is 7.11 Å². The summed E-state index contributed by atoms with van der Waals surface area (Å²) >= 11 is 0. The highest BCUT2D eigenvalue weighted by atomic mass is 19.4. The average molecular weight is 286 g/mol. The van der Waals surface area contributed by atoms with Crippen LogP contribution < -0.4 is 0 Å². The molecule has 0 amide bonds. The molecule has 0 spiro atoms. The minimum Gasteiger partial charge on any atom is -0.465 e. The van der Waals surface area contributed by atoms with Gasteiger partial charge in [-0.3, -0.25) is 9.47 Å². The third kappa shape index (κ3) is 1.81. The Bertz CT molecular complexity index is 356. The molecule has 11 heteroatoms. The number of methoxy groups -OCH3 is 1. The van der Waals surface area contributed by atoms with Crippen molar-refractivity contribution in [2.24, 2.45) is 0 Å². The highest BCUT2D eigenvalue weighted by Gasteiger charge is 2.82. The molecular weight excluding hydrogens is 281 g/mol. The number of hydrogen-bond donors (Lipinski definition) is 0. The van der Waals surface area contributed by atoms with Gasteiger partial charge < -0.3 is 4.74 Å². The lowest BCUT2D eigenvalue weighted by molar-refractivity contribution is -0.365. The normalized spacial score (nSPS) is 35.6. The number of carbonyl (C=O) groups is 1. The van der Waals surface area contributed by atoms with E-state index in [1.54, 1.807) is 0 Å². The minimum absolute atomic E-state index is 0.397. The molecular formula is C7H5F7O4. The van der Waals surface area contributed by atoms with Crippen LogP contribution in [0.5, 0.6) is 0 Å². The van der Waals surface area contributed by atoms with Gasteiger partial charge in [-0.2, -0.15) is 26.3 Å². The molecule has 0 aromatic rings. The van der Waals surface area contributed by atoms with Gasteiger partial charge in [-0.25, -0.2) is 9.18 Å². The Hall–Kier alpha value is -1.10. The van der Waals surface area contributed by atoms with Gasteiger partial charge in [0.2, 0.25) is 0 Å². The first-order valence-electron chi connectivity index (χ1n) is 4.14. The fourth-order valence-corrected chi connectivity index (χ4v) is 1.12. The number of carbonyl (C=O) groups excluding carboxylic acids is 1. The van der Waals surface area contributed by atoms with Crippen LogP contribution in [-0.4, -0.2) is 43.7 Å². The summed E-state index contributed by atoms with van der Waals surface area (Å²) in [6.07, 6.45) is -11.2. The Labute approximate surface area is 94.6 Å². The van der Waals surface area contributed by atoms with Crippen LogP contribution in [0.25, 0.3) is 0 Å². The van der Waals surface area contributed by atoms with Gasteiger partial charge in [0, 0.05) is 0 Å². The van der Waals surface area contributed by atoms with E-state index in [-0.39, 0.29) is 0 Å². The van der Waals surface area contributed by atoms with Crippen LogP contribution in [0.4, 0.5) is 30.7 Å². The molecule has 18 heavy (non-hydrogen) atoms. The summed E-state index contributed by atoms with van der Waals surface area (Å²) < 4.78 is 98.2. The summed E-state index contributed by atoms with van der Waals surface area (Å²) in [7, 11) is 0.397. The van der Waals surface area contributed by atoms with Crippen LogP contribution in [0.3, 0.4) is 0 Å². The largest absolute Gasteiger partial charge is 0.465 e. The average Bonchev–Trinajstić information content (AvgIpc) is 2.46. The molecule has 0 aliphatic carbocycles. The van der Waals surface area contributed by atoms with Crippen LogP contribution in [-0.2, 0) is 19.0 Å². The molecule has 0 radical (unpaired) electrons. The van der Waals surface area contributed by atoms with Gasteiger partial charge in [0.05, 0.1) is 7.11 Å². The number of esters is 1. The number of halogens is 7. The van der Waals surface area contributed by atoms with Crippen molar-refractivity contribution in [2.75, 3.05) is 13.8 Å². The van der Waals surface area contributed by atoms with Gasteiger partial charge >= 0.3 is 29.9 Å². The minimum atomic E-state index is -5.90. The van der Waals surface area contributed by atoms with Crippen molar-refractivity contribution in [3.05, 3.63) is 0 Å². The molecule has 2 atom stereocenters. The molecule has 106 valence electrons. The van der Waals surface area contributed by atoms with Crippen molar-refractivity contribution in [1.29, 1.82) is 0 Å². The number of rotatable bonds is 2. The Morgan fingerprint density at radius 1 is 1.22 bits per heavy atom. The SMILES string of the molecule is COC(=O)C1(C(F)(F)F)OC(F)(F)C(F)(CF)O1. The summed E-state index contributed by atoms with van der Waals surface area (Å²) in [4.78, 5) is 10.9. The van der Waals surface area contributed by atoms with E-state index in [9.17, 15) is 35.5 Å². The molecule has 4 nitrogen and oxygen atoms in total. The lowest BCUT2D eigenvalue weighted by Crippen LogP contribution is -2.55. The van der Waals surface area contributed by atoms with E-state index in [1.807, 2.05) is 0 Å². The van der Waals surface area contributed by atoms with Crippen molar-refractivity contribution < 1.29 is 49.7 Å². The van der Waals surface area contributed by atoms with E-state index in [4.69, 9.17) is 0 Å². The Balaban J connectivity index is 3.32. The zero-order valence-electron chi connectivity index (χ0n) is 8.49. The lowest BCUT2D eigenvalue weighted by atomic mass is 10.2. The molecule has 0 aromatic carbocycles. The fourth-order valence-electron chi connectivity index (χ4n) is 1.12. The van der Waals surface area contributed by atoms with Crippen molar-refractivity contribution in [1.82, 2.24) is 0 Å². The predicted molar refractivity (Wildman–Crippen MR) is 37.7 cm³/mol. The number of ether oxygens (including phenoxy) is 3.